The van der Waals surface area contributed by atoms with Gasteiger partial charge >= 0.3 is 6.18 Å². The summed E-state index contributed by atoms with van der Waals surface area (Å²) in [4.78, 5) is 0. The molecule has 4 heteroatoms. The van der Waals surface area contributed by atoms with Crippen LogP contribution in [0.5, 0.6) is 0 Å². The van der Waals surface area contributed by atoms with Crippen LogP contribution < -0.4 is 0 Å². The Morgan fingerprint density at radius 1 is 1.08 bits per heavy atom. The molecule has 0 nitrogen and oxygen atoms in total. The zero-order valence-corrected chi connectivity index (χ0v) is 9.99. The van der Waals surface area contributed by atoms with Crippen molar-refractivity contribution >= 4 is 22.6 Å². The van der Waals surface area contributed by atoms with E-state index in [0.717, 1.165) is 23.7 Å². The molecule has 1 atom stereocenters. The molecule has 13 heavy (non-hydrogen) atoms. The summed E-state index contributed by atoms with van der Waals surface area (Å²) in [6.45, 7) is 1.26. The summed E-state index contributed by atoms with van der Waals surface area (Å²) in [5.41, 5.74) is 0. The van der Waals surface area contributed by atoms with E-state index in [1.807, 2.05) is 0 Å². The molecule has 0 aliphatic rings. The number of hydrogen-bond acceptors (Lipinski definition) is 0. The van der Waals surface area contributed by atoms with Crippen LogP contribution in [-0.2, 0) is 0 Å². The molecule has 0 aromatic carbocycles. The monoisotopic (exact) mass is 308 g/mol. The summed E-state index contributed by atoms with van der Waals surface area (Å²) in [5.74, 6) is -1.13. The normalized spacial score (nSPS) is 14.5. The molecule has 0 fully saturated rings. The van der Waals surface area contributed by atoms with E-state index in [4.69, 9.17) is 0 Å². The van der Waals surface area contributed by atoms with E-state index in [0.29, 0.717) is 6.42 Å². The van der Waals surface area contributed by atoms with Crippen molar-refractivity contribution in [2.45, 2.75) is 45.2 Å². The molecular weight excluding hydrogens is 292 g/mol. The van der Waals surface area contributed by atoms with Crippen LogP contribution in [0.3, 0.4) is 0 Å². The van der Waals surface area contributed by atoms with Crippen molar-refractivity contribution in [2.24, 2.45) is 5.92 Å². The van der Waals surface area contributed by atoms with Crippen LogP contribution in [0, 0.1) is 5.92 Å². The standard InChI is InChI=1S/C9H16F3I/c1-8(9(10,11)12)6-4-2-3-5-7-13/h8H,2-7H2,1H3. The average Bonchev–Trinajstić information content (AvgIpc) is 2.02. The van der Waals surface area contributed by atoms with Gasteiger partial charge in [-0.05, 0) is 17.3 Å². The zero-order chi connectivity index (χ0) is 10.3. The Morgan fingerprint density at radius 3 is 2.08 bits per heavy atom. The van der Waals surface area contributed by atoms with Gasteiger partial charge in [0, 0.05) is 0 Å². The molecule has 0 N–H and O–H groups in total. The van der Waals surface area contributed by atoms with E-state index in [1.54, 1.807) is 0 Å². The van der Waals surface area contributed by atoms with Crippen molar-refractivity contribution in [2.75, 3.05) is 4.43 Å². The minimum Gasteiger partial charge on any atom is -0.171 e. The molecule has 0 bridgehead atoms. The lowest BCUT2D eigenvalue weighted by Crippen LogP contribution is -2.19. The van der Waals surface area contributed by atoms with Crippen LogP contribution in [0.2, 0.25) is 0 Å². The van der Waals surface area contributed by atoms with Crippen LogP contribution in [0.1, 0.15) is 39.0 Å². The molecule has 0 amide bonds. The number of alkyl halides is 4. The highest BCUT2D eigenvalue weighted by Crippen LogP contribution is 2.29. The maximum atomic E-state index is 12.0. The van der Waals surface area contributed by atoms with Gasteiger partial charge in [-0.2, -0.15) is 13.2 Å². The molecule has 0 aliphatic heterocycles. The first kappa shape index (κ1) is 13.5. The van der Waals surface area contributed by atoms with Crippen LogP contribution in [0.15, 0.2) is 0 Å². The summed E-state index contributed by atoms with van der Waals surface area (Å²) in [5, 5.41) is 0. The highest BCUT2D eigenvalue weighted by molar-refractivity contribution is 14.1. The number of halogens is 4. The first-order chi connectivity index (χ1) is 5.98. The van der Waals surface area contributed by atoms with Gasteiger partial charge in [-0.25, -0.2) is 0 Å². The third-order valence-electron chi connectivity index (χ3n) is 2.08. The van der Waals surface area contributed by atoms with Crippen molar-refractivity contribution in [1.29, 1.82) is 0 Å². The van der Waals surface area contributed by atoms with Crippen LogP contribution >= 0.6 is 22.6 Å². The zero-order valence-electron chi connectivity index (χ0n) is 7.83. The Labute approximate surface area is 91.4 Å². The van der Waals surface area contributed by atoms with E-state index >= 15 is 0 Å². The Morgan fingerprint density at radius 2 is 1.62 bits per heavy atom. The fraction of sp³-hybridized carbons (Fsp3) is 1.00. The predicted octanol–water partition coefficient (Wildman–Crippen LogP) is 4.57. The lowest BCUT2D eigenvalue weighted by atomic mass is 10.0. The van der Waals surface area contributed by atoms with Gasteiger partial charge in [0.1, 0.15) is 0 Å². The molecule has 0 spiro atoms. The Kier molecular flexibility index (Phi) is 7.17. The second kappa shape index (κ2) is 6.90. The smallest absolute Gasteiger partial charge is 0.171 e. The molecule has 0 rings (SSSR count). The van der Waals surface area contributed by atoms with Gasteiger partial charge in [-0.3, -0.25) is 0 Å². The van der Waals surface area contributed by atoms with Crippen molar-refractivity contribution < 1.29 is 13.2 Å². The van der Waals surface area contributed by atoms with E-state index in [1.165, 1.54) is 6.92 Å². The highest BCUT2D eigenvalue weighted by Gasteiger charge is 2.34. The average molecular weight is 308 g/mol. The van der Waals surface area contributed by atoms with Gasteiger partial charge in [-0.15, -0.1) is 0 Å². The number of unbranched alkanes of at least 4 members (excludes halogenated alkanes) is 3. The summed E-state index contributed by atoms with van der Waals surface area (Å²) in [7, 11) is 0. The molecule has 80 valence electrons. The Hall–Kier alpha value is 0.520. The Bertz CT molecular complexity index is 123. The van der Waals surface area contributed by atoms with Crippen LogP contribution in [0.4, 0.5) is 13.2 Å². The van der Waals surface area contributed by atoms with Gasteiger partial charge in [0.2, 0.25) is 0 Å². The predicted molar refractivity (Wildman–Crippen MR) is 57.2 cm³/mol. The largest absolute Gasteiger partial charge is 0.391 e. The highest BCUT2D eigenvalue weighted by atomic mass is 127. The summed E-state index contributed by atoms with van der Waals surface area (Å²) >= 11 is 2.29. The minimum atomic E-state index is -4.00. The van der Waals surface area contributed by atoms with E-state index < -0.39 is 12.1 Å². The fourth-order valence-electron chi connectivity index (χ4n) is 1.06. The van der Waals surface area contributed by atoms with Crippen molar-refractivity contribution in [3.63, 3.8) is 0 Å². The first-order valence-electron chi connectivity index (χ1n) is 4.61. The van der Waals surface area contributed by atoms with Gasteiger partial charge in [0.15, 0.2) is 0 Å². The lowest BCUT2D eigenvalue weighted by Gasteiger charge is -2.14. The molecule has 0 heterocycles. The maximum Gasteiger partial charge on any atom is 0.391 e. The molecule has 1 unspecified atom stereocenters. The first-order valence-corrected chi connectivity index (χ1v) is 6.13. The molecule has 0 aromatic rings. The summed E-state index contributed by atoms with van der Waals surface area (Å²) in [6, 6.07) is 0. The number of rotatable bonds is 6. The van der Waals surface area contributed by atoms with E-state index in [-0.39, 0.29) is 6.42 Å². The van der Waals surface area contributed by atoms with Crippen LogP contribution in [-0.4, -0.2) is 10.6 Å². The molecule has 0 saturated heterocycles. The van der Waals surface area contributed by atoms with Gasteiger partial charge < -0.3 is 0 Å². The summed E-state index contributed by atoms with van der Waals surface area (Å²) < 4.78 is 37.2. The minimum absolute atomic E-state index is 0.282. The quantitative estimate of drug-likeness (QED) is 0.383. The molecule has 0 aliphatic carbocycles. The SMILES string of the molecule is CC(CCCCCCI)C(F)(F)F. The van der Waals surface area contributed by atoms with Gasteiger partial charge in [-0.1, -0.05) is 48.8 Å². The molecule has 0 saturated carbocycles. The topological polar surface area (TPSA) is 0 Å². The van der Waals surface area contributed by atoms with Crippen molar-refractivity contribution in [1.82, 2.24) is 0 Å². The van der Waals surface area contributed by atoms with Crippen molar-refractivity contribution in [3.8, 4) is 0 Å². The third-order valence-corrected chi connectivity index (χ3v) is 2.84. The van der Waals surface area contributed by atoms with Gasteiger partial charge in [0.05, 0.1) is 5.92 Å². The molecule has 0 aromatic heterocycles. The molecule has 0 radical (unpaired) electrons. The van der Waals surface area contributed by atoms with E-state index in [2.05, 4.69) is 22.6 Å². The number of hydrogen-bond donors (Lipinski definition) is 0. The van der Waals surface area contributed by atoms with E-state index in [9.17, 15) is 13.2 Å². The Balaban J connectivity index is 3.32. The second-order valence-electron chi connectivity index (χ2n) is 3.33. The molecular formula is C9H16F3I. The summed E-state index contributed by atoms with van der Waals surface area (Å²) in [6.07, 6.45) is 0.114. The fourth-order valence-corrected chi connectivity index (χ4v) is 1.60. The van der Waals surface area contributed by atoms with Crippen molar-refractivity contribution in [3.05, 3.63) is 0 Å². The second-order valence-corrected chi connectivity index (χ2v) is 4.41. The van der Waals surface area contributed by atoms with Crippen LogP contribution in [0.25, 0.3) is 0 Å². The lowest BCUT2D eigenvalue weighted by molar-refractivity contribution is -0.171. The maximum absolute atomic E-state index is 12.0. The van der Waals surface area contributed by atoms with Gasteiger partial charge in [0.25, 0.3) is 0 Å². The third kappa shape index (κ3) is 7.58.